The molecule has 12 heteroatoms. The van der Waals surface area contributed by atoms with Gasteiger partial charge in [0.15, 0.2) is 0 Å². The molecule has 2 aromatic heterocycles. The lowest BCUT2D eigenvalue weighted by atomic mass is 10.2. The van der Waals surface area contributed by atoms with Crippen molar-refractivity contribution in [2.75, 3.05) is 25.3 Å². The van der Waals surface area contributed by atoms with Crippen LogP contribution in [0.2, 0.25) is 0 Å². The summed E-state index contributed by atoms with van der Waals surface area (Å²) in [6.07, 6.45) is 0. The van der Waals surface area contributed by atoms with E-state index in [1.807, 2.05) is 11.4 Å². The SMILES string of the molecule is COc1ccc(NC(=O)CSc2oc(-c3cccs3)nc2S(=O)(=O)c2ccc(Br)cc2)c(OC)c1. The molecule has 0 unspecified atom stereocenters. The van der Waals surface area contributed by atoms with Gasteiger partial charge in [0, 0.05) is 10.5 Å². The highest BCUT2D eigenvalue weighted by molar-refractivity contribution is 9.10. The van der Waals surface area contributed by atoms with Crippen LogP contribution >= 0.6 is 39.0 Å². The van der Waals surface area contributed by atoms with Crippen LogP contribution in [0.4, 0.5) is 5.69 Å². The van der Waals surface area contributed by atoms with E-state index in [0.717, 1.165) is 16.2 Å². The summed E-state index contributed by atoms with van der Waals surface area (Å²) in [5.41, 5.74) is 0.457. The summed E-state index contributed by atoms with van der Waals surface area (Å²) in [6.45, 7) is 0. The Hall–Kier alpha value is -2.80. The number of hydrogen-bond donors (Lipinski definition) is 1. The minimum Gasteiger partial charge on any atom is -0.497 e. The van der Waals surface area contributed by atoms with Crippen molar-refractivity contribution in [3.63, 3.8) is 0 Å². The summed E-state index contributed by atoms with van der Waals surface area (Å²) in [4.78, 5) is 17.7. The summed E-state index contributed by atoms with van der Waals surface area (Å²) < 4.78 is 43.7. The van der Waals surface area contributed by atoms with Crippen molar-refractivity contribution in [2.45, 2.75) is 15.0 Å². The molecule has 2 aromatic carbocycles. The normalized spacial score (nSPS) is 11.3. The Morgan fingerprint density at radius 1 is 1.14 bits per heavy atom. The fraction of sp³-hybridized carbons (Fsp3) is 0.130. The first-order chi connectivity index (χ1) is 16.8. The van der Waals surface area contributed by atoms with Gasteiger partial charge in [0.25, 0.3) is 0 Å². The molecular formula is C23H19BrN2O6S3. The van der Waals surface area contributed by atoms with Gasteiger partial charge in [0.1, 0.15) is 11.5 Å². The first-order valence-corrected chi connectivity index (χ1v) is 14.2. The third kappa shape index (κ3) is 5.72. The Morgan fingerprint density at radius 2 is 1.91 bits per heavy atom. The lowest BCUT2D eigenvalue weighted by Gasteiger charge is -2.11. The van der Waals surface area contributed by atoms with E-state index < -0.39 is 9.84 Å². The predicted molar refractivity (Wildman–Crippen MR) is 138 cm³/mol. The zero-order chi connectivity index (χ0) is 25.0. The lowest BCUT2D eigenvalue weighted by Crippen LogP contribution is -2.15. The van der Waals surface area contributed by atoms with Crippen molar-refractivity contribution >= 4 is 60.5 Å². The molecule has 8 nitrogen and oxygen atoms in total. The van der Waals surface area contributed by atoms with Crippen molar-refractivity contribution < 1.29 is 27.1 Å². The number of amides is 1. The second-order valence-corrected chi connectivity index (χ2v) is 11.6. The van der Waals surface area contributed by atoms with Crippen molar-refractivity contribution in [1.82, 2.24) is 4.98 Å². The van der Waals surface area contributed by atoms with Crippen LogP contribution in [-0.2, 0) is 14.6 Å². The van der Waals surface area contributed by atoms with E-state index in [1.165, 1.54) is 37.7 Å². The van der Waals surface area contributed by atoms with Crippen LogP contribution in [0.15, 0.2) is 83.9 Å². The Balaban J connectivity index is 1.59. The average Bonchev–Trinajstić information content (AvgIpc) is 3.54. The minimum atomic E-state index is -3.99. The standard InChI is InChI=1S/C23H19BrN2O6S3/c1-30-15-7-10-17(18(12-15)31-2)25-20(27)13-34-23-22(26-21(32-23)19-4-3-11-33-19)35(28,29)16-8-5-14(24)6-9-16/h3-12H,13H2,1-2H3,(H,25,27). The molecule has 0 atom stereocenters. The molecule has 1 amide bonds. The highest BCUT2D eigenvalue weighted by atomic mass is 79.9. The quantitative estimate of drug-likeness (QED) is 0.244. The van der Waals surface area contributed by atoms with Gasteiger partial charge in [0.05, 0.1) is 35.4 Å². The number of thiophene rings is 1. The van der Waals surface area contributed by atoms with Crippen LogP contribution in [0.1, 0.15) is 0 Å². The Morgan fingerprint density at radius 3 is 2.57 bits per heavy atom. The van der Waals surface area contributed by atoms with Crippen LogP contribution < -0.4 is 14.8 Å². The topological polar surface area (TPSA) is 108 Å². The van der Waals surface area contributed by atoms with Gasteiger partial charge in [-0.05, 0) is 47.8 Å². The van der Waals surface area contributed by atoms with Gasteiger partial charge in [-0.25, -0.2) is 8.42 Å². The predicted octanol–water partition coefficient (Wildman–Crippen LogP) is 5.75. The Bertz CT molecular complexity index is 1430. The maximum Gasteiger partial charge on any atom is 0.238 e. The van der Waals surface area contributed by atoms with E-state index in [2.05, 4.69) is 26.2 Å². The highest BCUT2D eigenvalue weighted by Crippen LogP contribution is 2.36. The molecule has 0 saturated heterocycles. The Labute approximate surface area is 218 Å². The molecule has 35 heavy (non-hydrogen) atoms. The average molecular weight is 596 g/mol. The number of carbonyl (C=O) groups excluding carboxylic acids is 1. The first kappa shape index (κ1) is 25.3. The number of rotatable bonds is 9. The van der Waals surface area contributed by atoms with E-state index in [0.29, 0.717) is 22.1 Å². The van der Waals surface area contributed by atoms with E-state index >= 15 is 0 Å². The third-order valence-electron chi connectivity index (χ3n) is 4.69. The van der Waals surface area contributed by atoms with Crippen LogP contribution in [0, 0.1) is 0 Å². The zero-order valence-electron chi connectivity index (χ0n) is 18.5. The molecule has 0 spiro atoms. The summed E-state index contributed by atoms with van der Waals surface area (Å²) in [7, 11) is -0.971. The number of aromatic nitrogens is 1. The molecule has 4 aromatic rings. The number of halogens is 1. The molecule has 0 aliphatic heterocycles. The number of hydrogen-bond acceptors (Lipinski definition) is 9. The Kier molecular flexibility index (Phi) is 7.85. The maximum atomic E-state index is 13.4. The highest BCUT2D eigenvalue weighted by Gasteiger charge is 2.29. The molecule has 4 rings (SSSR count). The smallest absolute Gasteiger partial charge is 0.238 e. The zero-order valence-corrected chi connectivity index (χ0v) is 22.5. The van der Waals surface area contributed by atoms with Crippen LogP contribution in [0.5, 0.6) is 11.5 Å². The minimum absolute atomic E-state index is 0.0353. The summed E-state index contributed by atoms with van der Waals surface area (Å²) in [5, 5.41) is 4.40. The number of ether oxygens (including phenoxy) is 2. The van der Waals surface area contributed by atoms with Gasteiger partial charge in [-0.3, -0.25) is 4.79 Å². The van der Waals surface area contributed by atoms with Crippen molar-refractivity contribution in [3.8, 4) is 22.3 Å². The first-order valence-electron chi connectivity index (χ1n) is 10.0. The lowest BCUT2D eigenvalue weighted by molar-refractivity contribution is -0.113. The van der Waals surface area contributed by atoms with Gasteiger partial charge >= 0.3 is 0 Å². The van der Waals surface area contributed by atoms with Gasteiger partial charge < -0.3 is 19.2 Å². The number of oxazole rings is 1. The van der Waals surface area contributed by atoms with E-state index in [4.69, 9.17) is 13.9 Å². The van der Waals surface area contributed by atoms with E-state index in [9.17, 15) is 13.2 Å². The number of carbonyl (C=O) groups is 1. The molecule has 0 saturated carbocycles. The van der Waals surface area contributed by atoms with E-state index in [-0.39, 0.29) is 32.6 Å². The molecule has 0 aliphatic carbocycles. The summed E-state index contributed by atoms with van der Waals surface area (Å²) in [5.74, 6) is 0.701. The van der Waals surface area contributed by atoms with Crippen LogP contribution in [0.25, 0.3) is 10.8 Å². The maximum absolute atomic E-state index is 13.4. The van der Waals surface area contributed by atoms with Gasteiger partial charge in [-0.2, -0.15) is 4.98 Å². The molecule has 0 radical (unpaired) electrons. The molecule has 0 aliphatic rings. The number of benzene rings is 2. The fourth-order valence-corrected chi connectivity index (χ4v) is 6.25. The molecule has 2 heterocycles. The molecule has 182 valence electrons. The van der Waals surface area contributed by atoms with Crippen LogP contribution in [-0.4, -0.2) is 39.3 Å². The monoisotopic (exact) mass is 594 g/mol. The van der Waals surface area contributed by atoms with Gasteiger partial charge in [-0.15, -0.1) is 11.3 Å². The second kappa shape index (κ2) is 10.9. The third-order valence-corrected chi connectivity index (χ3v) is 8.83. The number of thioether (sulfide) groups is 1. The van der Waals surface area contributed by atoms with Gasteiger partial charge in [-0.1, -0.05) is 33.8 Å². The summed E-state index contributed by atoms with van der Waals surface area (Å²) >= 11 is 5.62. The van der Waals surface area contributed by atoms with Crippen molar-refractivity contribution in [1.29, 1.82) is 0 Å². The molecule has 1 N–H and O–H groups in total. The number of anilines is 1. The molecule has 0 fully saturated rings. The largest absolute Gasteiger partial charge is 0.497 e. The number of nitrogens with zero attached hydrogens (tertiary/aromatic N) is 1. The van der Waals surface area contributed by atoms with Gasteiger partial charge in [0.2, 0.25) is 31.8 Å². The van der Waals surface area contributed by atoms with E-state index in [1.54, 1.807) is 36.4 Å². The number of sulfone groups is 1. The fourth-order valence-electron chi connectivity index (χ4n) is 3.00. The summed E-state index contributed by atoms with van der Waals surface area (Å²) in [6, 6.07) is 14.8. The second-order valence-electron chi connectivity index (χ2n) is 6.95. The van der Waals surface area contributed by atoms with Crippen molar-refractivity contribution in [2.24, 2.45) is 0 Å². The number of nitrogens with one attached hydrogen (secondary N) is 1. The van der Waals surface area contributed by atoms with Crippen LogP contribution in [0.3, 0.4) is 0 Å². The number of methoxy groups -OCH3 is 2. The van der Waals surface area contributed by atoms with Crippen molar-refractivity contribution in [3.05, 3.63) is 64.5 Å². The molecule has 0 bridgehead atoms. The molecular weight excluding hydrogens is 576 g/mol.